The summed E-state index contributed by atoms with van der Waals surface area (Å²) in [7, 11) is 0. The summed E-state index contributed by atoms with van der Waals surface area (Å²) in [4.78, 5) is 67.1. The maximum Gasteiger partial charge on any atom is 0.161 e. The van der Waals surface area contributed by atoms with E-state index in [0.29, 0.717) is 79.1 Å². The molecule has 26 heteroatoms. The van der Waals surface area contributed by atoms with Gasteiger partial charge in [-0.2, -0.15) is 20.4 Å². The largest absolute Gasteiger partial charge is 0.490 e. The first-order valence-corrected chi connectivity index (χ1v) is 39.8. The first kappa shape index (κ1) is 72.7. The molecule has 26 nitrogen and oxygen atoms in total. The van der Waals surface area contributed by atoms with E-state index in [1.165, 1.54) is 48.8 Å². The molecular formula is C87H95N25O. The number of benzene rings is 1. The second-order valence-corrected chi connectivity index (χ2v) is 31.7. The smallest absolute Gasteiger partial charge is 0.161 e. The van der Waals surface area contributed by atoms with Crippen molar-refractivity contribution in [2.24, 2.45) is 0 Å². The Morgan fingerprint density at radius 1 is 0.381 bits per heavy atom. The fourth-order valence-corrected chi connectivity index (χ4v) is 16.8. The van der Waals surface area contributed by atoms with Crippen LogP contribution >= 0.6 is 0 Å². The minimum absolute atomic E-state index is 0.447. The number of aryl methyl sites for hydroxylation is 7. The topological polar surface area (TPSA) is 274 Å². The molecule has 1 saturated carbocycles. The Labute approximate surface area is 658 Å². The van der Waals surface area contributed by atoms with Crippen LogP contribution in [0.1, 0.15) is 130 Å². The third kappa shape index (κ3) is 16.9. The molecule has 3 N–H and O–H groups in total. The predicted molar refractivity (Wildman–Crippen MR) is 433 cm³/mol. The summed E-state index contributed by atoms with van der Waals surface area (Å²) in [6, 6.07) is 47.4. The van der Waals surface area contributed by atoms with Gasteiger partial charge in [0.2, 0.25) is 0 Å². The van der Waals surface area contributed by atoms with Crippen LogP contribution in [0.4, 0.5) is 17.5 Å². The SMILES string of the molecule is CCc1ccc(CN2C3CC2CN(c2ccc(-c4nc(C)cc(Cc5cc(C)[nH]n5)n4)cn2)C3)cn1.Cc1cc(Cc2cc(C)[nH]n2)nc(-c2ccc(N3CC4CC(C3)N4Cc3ccc(-n4cccn4)nc3)nc2)n1.Cc1cc(Cc2cc(C)[nH]n2)nc(-c2ccc(N3CC4CC(C3)N4Cc3ccc(OC4CC4)cc3)nc2)n1. The molecule has 6 unspecified atom stereocenters. The molecular weight excluding hydrogens is 1410 g/mol. The van der Waals surface area contributed by atoms with Gasteiger partial charge in [-0.15, -0.1) is 0 Å². The second-order valence-electron chi connectivity index (χ2n) is 31.7. The van der Waals surface area contributed by atoms with Crippen molar-refractivity contribution in [3.63, 3.8) is 0 Å². The summed E-state index contributed by atoms with van der Waals surface area (Å²) < 4.78 is 7.68. The van der Waals surface area contributed by atoms with Crippen molar-refractivity contribution < 1.29 is 4.74 Å². The molecule has 0 radical (unpaired) electrons. The molecule has 21 heterocycles. The number of aromatic nitrogens is 19. The normalized spacial score (nSPS) is 19.7. The highest BCUT2D eigenvalue weighted by atomic mass is 16.5. The third-order valence-corrected chi connectivity index (χ3v) is 22.8. The number of hydrogen-bond acceptors (Lipinski definition) is 22. The van der Waals surface area contributed by atoms with E-state index in [1.54, 1.807) is 10.9 Å². The number of nitrogens with one attached hydrogen (secondary N) is 3. The summed E-state index contributed by atoms with van der Waals surface area (Å²) >= 11 is 0. The maximum absolute atomic E-state index is 5.90. The lowest BCUT2D eigenvalue weighted by molar-refractivity contribution is -0.00878. The number of anilines is 3. The Bertz CT molecular complexity index is 5380. The molecule has 1 aromatic carbocycles. The van der Waals surface area contributed by atoms with E-state index in [2.05, 4.69) is 188 Å². The number of fused-ring (bicyclic) bond motifs is 6. The lowest BCUT2D eigenvalue weighted by Gasteiger charge is -2.56. The Kier molecular flexibility index (Phi) is 20.4. The molecule has 6 atom stereocenters. The lowest BCUT2D eigenvalue weighted by Crippen LogP contribution is -2.68. The van der Waals surface area contributed by atoms with Crippen LogP contribution < -0.4 is 19.4 Å². The van der Waals surface area contributed by atoms with Crippen LogP contribution in [-0.2, 0) is 45.3 Å². The number of piperidine rings is 3. The van der Waals surface area contributed by atoms with Crippen molar-refractivity contribution in [1.82, 2.24) is 110 Å². The molecule has 23 rings (SSSR count). The number of pyridine rings is 5. The van der Waals surface area contributed by atoms with Gasteiger partial charge < -0.3 is 19.4 Å². The summed E-state index contributed by atoms with van der Waals surface area (Å²) in [5.74, 6) is 7.05. The molecule has 1 aliphatic carbocycles. The van der Waals surface area contributed by atoms with Gasteiger partial charge in [-0.1, -0.05) is 31.2 Å². The zero-order chi connectivity index (χ0) is 76.6. The van der Waals surface area contributed by atoms with Crippen LogP contribution in [0.15, 0.2) is 171 Å². The molecule has 113 heavy (non-hydrogen) atoms. The molecule has 13 aromatic rings. The van der Waals surface area contributed by atoms with Gasteiger partial charge in [0, 0.05) is 214 Å². The average Bonchev–Trinajstić information content (AvgIpc) is 1.64. The molecule has 574 valence electrons. The molecule has 9 saturated heterocycles. The van der Waals surface area contributed by atoms with Crippen molar-refractivity contribution in [1.29, 1.82) is 0 Å². The van der Waals surface area contributed by atoms with E-state index in [1.807, 2.05) is 115 Å². The Morgan fingerprint density at radius 2 is 0.761 bits per heavy atom. The van der Waals surface area contributed by atoms with Crippen molar-refractivity contribution >= 4 is 17.5 Å². The number of H-pyrrole nitrogens is 3. The number of aromatic amines is 3. The molecule has 9 aliphatic heterocycles. The van der Waals surface area contributed by atoms with Gasteiger partial charge in [-0.3, -0.25) is 35.0 Å². The first-order valence-electron chi connectivity index (χ1n) is 39.8. The number of hydrogen-bond donors (Lipinski definition) is 3. The Morgan fingerprint density at radius 3 is 1.09 bits per heavy atom. The van der Waals surface area contributed by atoms with E-state index in [4.69, 9.17) is 34.6 Å². The zero-order valence-electron chi connectivity index (χ0n) is 65.2. The second kappa shape index (κ2) is 31.7. The highest BCUT2D eigenvalue weighted by molar-refractivity contribution is 5.60. The average molecular weight is 1510 g/mol. The van der Waals surface area contributed by atoms with Gasteiger partial charge in [0.15, 0.2) is 23.3 Å². The number of nitrogens with zero attached hydrogens (tertiary/aromatic N) is 22. The fourth-order valence-electron chi connectivity index (χ4n) is 16.8. The van der Waals surface area contributed by atoms with E-state index in [0.717, 1.165) is 185 Å². The molecule has 6 bridgehead atoms. The Hall–Kier alpha value is -11.9. The number of ether oxygens (including phenoxy) is 1. The number of piperazine rings is 3. The van der Waals surface area contributed by atoms with Crippen LogP contribution in [0.3, 0.4) is 0 Å². The van der Waals surface area contributed by atoms with E-state index in [9.17, 15) is 0 Å². The van der Waals surface area contributed by atoms with Crippen LogP contribution in [0, 0.1) is 41.5 Å². The van der Waals surface area contributed by atoms with Gasteiger partial charge in [0.05, 0.1) is 40.3 Å². The van der Waals surface area contributed by atoms with Crippen LogP contribution in [-0.4, -0.2) is 192 Å². The van der Waals surface area contributed by atoms with E-state index >= 15 is 0 Å². The molecule has 12 aromatic heterocycles. The van der Waals surface area contributed by atoms with E-state index in [-0.39, 0.29) is 0 Å². The number of rotatable bonds is 22. The summed E-state index contributed by atoms with van der Waals surface area (Å²) in [5.41, 5.74) is 19.7. The van der Waals surface area contributed by atoms with Gasteiger partial charge >= 0.3 is 0 Å². The first-order chi connectivity index (χ1) is 55.2. The van der Waals surface area contributed by atoms with Crippen molar-refractivity contribution in [3.05, 3.63) is 261 Å². The van der Waals surface area contributed by atoms with Crippen LogP contribution in [0.2, 0.25) is 0 Å². The van der Waals surface area contributed by atoms with E-state index < -0.39 is 0 Å². The quantitative estimate of drug-likeness (QED) is 0.0569. The van der Waals surface area contributed by atoms with Crippen LogP contribution in [0.5, 0.6) is 5.75 Å². The van der Waals surface area contributed by atoms with Gasteiger partial charge in [0.1, 0.15) is 23.2 Å². The van der Waals surface area contributed by atoms with Gasteiger partial charge in [0.25, 0.3) is 0 Å². The van der Waals surface area contributed by atoms with Crippen molar-refractivity contribution in [3.8, 4) is 45.7 Å². The Balaban J connectivity index is 0.000000118. The summed E-state index contributed by atoms with van der Waals surface area (Å²) in [6.45, 7) is 23.1. The lowest BCUT2D eigenvalue weighted by atomic mass is 9.86. The standard InChI is InChI=1S/C30H33N7O.C29H30N10.C28H32N8/c1-19-11-23(13-24-12-20(2)34-35-24)33-30(32-19)22-5-10-29(31-15-22)36-17-25-14-26(18-36)37(25)16-21-3-6-27(7-4-21)38-28-8-9-28;1-19-10-23(12-24-11-20(2)35-36-24)34-29(33-19)22-5-7-27(31-15-22)37-17-25-13-26(18-37)38(25)16-21-4-6-28(30-14-21)39-9-3-8-32-39;1-4-22-7-5-20(13-29-22)15-36-25-12-26(36)17-35(16-25)27-8-6-21(14-30-27)28-31-18(2)9-23(32-28)11-24-10-19(3)33-34-24/h3-7,10-12,15,25-26,28H,8-9,13-14,16-18H2,1-2H3,(H,34,35);3-11,14-15,25-26H,12-13,16-18H2,1-2H3,(H,35,36);5-10,13-14,25-26H,4,11-12,15-17H2,1-3H3,(H,33,34). The third-order valence-electron chi connectivity index (χ3n) is 22.8. The molecule has 10 aliphatic rings. The predicted octanol–water partition coefficient (Wildman–Crippen LogP) is 11.9. The fraction of sp³-hybridized carbons (Fsp3) is 0.368. The monoisotopic (exact) mass is 1510 g/mol. The summed E-state index contributed by atoms with van der Waals surface area (Å²) in [6.07, 6.45) is 23.0. The minimum Gasteiger partial charge on any atom is -0.490 e. The van der Waals surface area contributed by atoms with Gasteiger partial charge in [-0.25, -0.2) is 54.5 Å². The summed E-state index contributed by atoms with van der Waals surface area (Å²) in [5, 5.41) is 26.3. The van der Waals surface area contributed by atoms with Gasteiger partial charge in [-0.05, 0) is 200 Å². The zero-order valence-corrected chi connectivity index (χ0v) is 65.2. The van der Waals surface area contributed by atoms with Crippen molar-refractivity contribution in [2.75, 3.05) is 54.0 Å². The van der Waals surface area contributed by atoms with Crippen LogP contribution in [0.25, 0.3) is 40.0 Å². The highest BCUT2D eigenvalue weighted by Crippen LogP contribution is 2.40. The highest BCUT2D eigenvalue weighted by Gasteiger charge is 2.47. The molecule has 0 spiro atoms. The molecule has 0 amide bonds. The molecule has 10 fully saturated rings. The minimum atomic E-state index is 0.447. The van der Waals surface area contributed by atoms with Crippen molar-refractivity contribution in [2.45, 2.75) is 168 Å². The maximum atomic E-state index is 5.90.